The van der Waals surface area contributed by atoms with Gasteiger partial charge in [0.05, 0.1) is 16.3 Å². The van der Waals surface area contributed by atoms with E-state index in [9.17, 15) is 4.79 Å². The van der Waals surface area contributed by atoms with Gasteiger partial charge in [-0.3, -0.25) is 4.79 Å². The first-order valence-corrected chi connectivity index (χ1v) is 7.37. The molecule has 0 saturated heterocycles. The summed E-state index contributed by atoms with van der Waals surface area (Å²) in [6.45, 7) is 0. The summed E-state index contributed by atoms with van der Waals surface area (Å²) in [7, 11) is 0. The molecule has 5 heteroatoms. The van der Waals surface area contributed by atoms with Crippen LogP contribution in [0.15, 0.2) is 30.3 Å². The number of primary amides is 1. The van der Waals surface area contributed by atoms with E-state index in [4.69, 9.17) is 17.3 Å². The molecule has 1 aromatic heterocycles. The number of pyridine rings is 1. The highest BCUT2D eigenvalue weighted by molar-refractivity contribution is 6.33. The van der Waals surface area contributed by atoms with Gasteiger partial charge in [0, 0.05) is 5.69 Å². The standard InChI is InChI=1S/C16H16ClN3O/c17-12-6-2-4-8-14(12)20-16-11(15(18)21)9-10-5-1-3-7-13(10)19-16/h2,4,6,8-9H,1,3,5,7H2,(H2,18,21)(H,19,20). The zero-order valence-electron chi connectivity index (χ0n) is 11.5. The molecule has 1 aliphatic rings. The maximum Gasteiger partial charge on any atom is 0.252 e. The van der Waals surface area contributed by atoms with Crippen LogP contribution in [0.1, 0.15) is 34.5 Å². The van der Waals surface area contributed by atoms with Crippen molar-refractivity contribution in [3.8, 4) is 0 Å². The molecule has 0 bridgehead atoms. The smallest absolute Gasteiger partial charge is 0.252 e. The van der Waals surface area contributed by atoms with Crippen molar-refractivity contribution in [2.45, 2.75) is 25.7 Å². The Morgan fingerprint density at radius 1 is 1.24 bits per heavy atom. The lowest BCUT2D eigenvalue weighted by Crippen LogP contribution is -2.17. The number of hydrogen-bond acceptors (Lipinski definition) is 3. The molecule has 1 aromatic carbocycles. The molecule has 0 fully saturated rings. The largest absolute Gasteiger partial charge is 0.365 e. The van der Waals surface area contributed by atoms with E-state index >= 15 is 0 Å². The van der Waals surface area contributed by atoms with Gasteiger partial charge in [-0.15, -0.1) is 0 Å². The average molecular weight is 302 g/mol. The van der Waals surface area contributed by atoms with E-state index in [2.05, 4.69) is 10.3 Å². The van der Waals surface area contributed by atoms with Gasteiger partial charge in [-0.2, -0.15) is 0 Å². The van der Waals surface area contributed by atoms with Crippen LogP contribution >= 0.6 is 11.6 Å². The SMILES string of the molecule is NC(=O)c1cc2c(nc1Nc1ccccc1Cl)CCCC2. The summed E-state index contributed by atoms with van der Waals surface area (Å²) >= 11 is 6.14. The molecule has 0 spiro atoms. The van der Waals surface area contributed by atoms with Crippen LogP contribution in [0.3, 0.4) is 0 Å². The van der Waals surface area contributed by atoms with Crippen LogP contribution in [-0.2, 0) is 12.8 Å². The highest BCUT2D eigenvalue weighted by Gasteiger charge is 2.18. The van der Waals surface area contributed by atoms with Gasteiger partial charge in [0.25, 0.3) is 5.91 Å². The van der Waals surface area contributed by atoms with Crippen molar-refractivity contribution < 1.29 is 4.79 Å². The van der Waals surface area contributed by atoms with Gasteiger partial charge in [-0.05, 0) is 49.4 Å². The second-order valence-corrected chi connectivity index (χ2v) is 5.57. The number of benzene rings is 1. The highest BCUT2D eigenvalue weighted by atomic mass is 35.5. The Morgan fingerprint density at radius 3 is 2.76 bits per heavy atom. The summed E-state index contributed by atoms with van der Waals surface area (Å²) in [4.78, 5) is 16.3. The van der Waals surface area contributed by atoms with E-state index in [1.54, 1.807) is 6.07 Å². The average Bonchev–Trinajstić information content (AvgIpc) is 2.48. The van der Waals surface area contributed by atoms with Crippen molar-refractivity contribution >= 4 is 29.0 Å². The van der Waals surface area contributed by atoms with Gasteiger partial charge in [0.1, 0.15) is 5.82 Å². The van der Waals surface area contributed by atoms with E-state index in [1.807, 2.05) is 24.3 Å². The van der Waals surface area contributed by atoms with E-state index in [0.717, 1.165) is 36.9 Å². The molecular weight excluding hydrogens is 286 g/mol. The Kier molecular flexibility index (Phi) is 3.80. The lowest BCUT2D eigenvalue weighted by Gasteiger charge is -2.18. The fraction of sp³-hybridized carbons (Fsp3) is 0.250. The fourth-order valence-electron chi connectivity index (χ4n) is 2.61. The zero-order valence-corrected chi connectivity index (χ0v) is 12.3. The lowest BCUT2D eigenvalue weighted by molar-refractivity contribution is 0.100. The van der Waals surface area contributed by atoms with Gasteiger partial charge in [-0.25, -0.2) is 4.98 Å². The summed E-state index contributed by atoms with van der Waals surface area (Å²) in [5.74, 6) is 0.00155. The quantitative estimate of drug-likeness (QED) is 0.912. The fourth-order valence-corrected chi connectivity index (χ4v) is 2.79. The molecule has 0 saturated carbocycles. The molecule has 1 aliphatic carbocycles. The van der Waals surface area contributed by atoms with Gasteiger partial charge in [0.15, 0.2) is 0 Å². The van der Waals surface area contributed by atoms with E-state index in [1.165, 1.54) is 0 Å². The van der Waals surface area contributed by atoms with E-state index < -0.39 is 5.91 Å². The van der Waals surface area contributed by atoms with E-state index in [-0.39, 0.29) is 0 Å². The van der Waals surface area contributed by atoms with Crippen LogP contribution in [0, 0.1) is 0 Å². The minimum Gasteiger partial charge on any atom is -0.365 e. The Balaban J connectivity index is 2.04. The number of fused-ring (bicyclic) bond motifs is 1. The molecule has 4 nitrogen and oxygen atoms in total. The molecule has 3 rings (SSSR count). The second-order valence-electron chi connectivity index (χ2n) is 5.17. The second kappa shape index (κ2) is 5.74. The van der Waals surface area contributed by atoms with Crippen molar-refractivity contribution in [1.82, 2.24) is 4.98 Å². The summed E-state index contributed by atoms with van der Waals surface area (Å²) in [5, 5.41) is 3.70. The van der Waals surface area contributed by atoms with Crippen LogP contribution < -0.4 is 11.1 Å². The molecule has 3 N–H and O–H groups in total. The van der Waals surface area contributed by atoms with Crippen LogP contribution in [-0.4, -0.2) is 10.9 Å². The van der Waals surface area contributed by atoms with Crippen molar-refractivity contribution in [1.29, 1.82) is 0 Å². The number of rotatable bonds is 3. The summed E-state index contributed by atoms with van der Waals surface area (Å²) < 4.78 is 0. The van der Waals surface area contributed by atoms with Crippen molar-refractivity contribution in [3.05, 3.63) is 52.2 Å². The monoisotopic (exact) mass is 301 g/mol. The third-order valence-corrected chi connectivity index (χ3v) is 4.02. The molecule has 1 amide bonds. The molecule has 0 aliphatic heterocycles. The number of anilines is 2. The number of hydrogen-bond donors (Lipinski definition) is 2. The Morgan fingerprint density at radius 2 is 2.00 bits per heavy atom. The molecule has 1 heterocycles. The number of aromatic nitrogens is 1. The predicted octanol–water partition coefficient (Wildman–Crippen LogP) is 3.46. The molecule has 108 valence electrons. The molecular formula is C16H16ClN3O. The first-order valence-electron chi connectivity index (χ1n) is 6.99. The number of para-hydroxylation sites is 1. The number of amides is 1. The molecule has 2 aromatic rings. The Hall–Kier alpha value is -2.07. The minimum atomic E-state index is -0.481. The number of nitrogens with zero attached hydrogens (tertiary/aromatic N) is 1. The normalized spacial score (nSPS) is 13.6. The predicted molar refractivity (Wildman–Crippen MR) is 84.1 cm³/mol. The number of nitrogens with one attached hydrogen (secondary N) is 1. The molecule has 0 radical (unpaired) electrons. The first kappa shape index (κ1) is 13.9. The third kappa shape index (κ3) is 2.85. The van der Waals surface area contributed by atoms with Crippen LogP contribution in [0.2, 0.25) is 5.02 Å². The lowest BCUT2D eigenvalue weighted by atomic mass is 9.94. The van der Waals surface area contributed by atoms with Gasteiger partial charge in [-0.1, -0.05) is 23.7 Å². The molecule has 0 atom stereocenters. The van der Waals surface area contributed by atoms with Crippen molar-refractivity contribution in [3.63, 3.8) is 0 Å². The van der Waals surface area contributed by atoms with Gasteiger partial charge >= 0.3 is 0 Å². The number of aryl methyl sites for hydroxylation is 2. The van der Waals surface area contributed by atoms with Crippen LogP contribution in [0.25, 0.3) is 0 Å². The highest BCUT2D eigenvalue weighted by Crippen LogP contribution is 2.29. The number of carbonyl (C=O) groups excluding carboxylic acids is 1. The Bertz CT molecular complexity index is 700. The van der Waals surface area contributed by atoms with Gasteiger partial charge < -0.3 is 11.1 Å². The minimum absolute atomic E-state index is 0.413. The topological polar surface area (TPSA) is 68.0 Å². The van der Waals surface area contributed by atoms with E-state index in [0.29, 0.717) is 22.1 Å². The molecule has 0 unspecified atom stereocenters. The zero-order chi connectivity index (χ0) is 14.8. The first-order chi connectivity index (χ1) is 10.1. The van der Waals surface area contributed by atoms with Crippen molar-refractivity contribution in [2.24, 2.45) is 5.73 Å². The maximum atomic E-state index is 11.7. The Labute approximate surface area is 128 Å². The summed E-state index contributed by atoms with van der Waals surface area (Å²) in [5.41, 5.74) is 8.78. The number of carbonyl (C=O) groups is 1. The van der Waals surface area contributed by atoms with Gasteiger partial charge in [0.2, 0.25) is 0 Å². The van der Waals surface area contributed by atoms with Crippen LogP contribution in [0.4, 0.5) is 11.5 Å². The van der Waals surface area contributed by atoms with Crippen molar-refractivity contribution in [2.75, 3.05) is 5.32 Å². The van der Waals surface area contributed by atoms with Crippen LogP contribution in [0.5, 0.6) is 0 Å². The number of halogens is 1. The maximum absolute atomic E-state index is 11.7. The molecule has 21 heavy (non-hydrogen) atoms. The number of nitrogens with two attached hydrogens (primary N) is 1. The summed E-state index contributed by atoms with van der Waals surface area (Å²) in [6, 6.07) is 9.21. The third-order valence-electron chi connectivity index (χ3n) is 3.69. The summed E-state index contributed by atoms with van der Waals surface area (Å²) in [6.07, 6.45) is 4.15.